The number of amides is 1. The number of carbonyl (C=O) groups is 2. The molecule has 1 aromatic rings. The van der Waals surface area contributed by atoms with Gasteiger partial charge in [-0.15, -0.1) is 0 Å². The van der Waals surface area contributed by atoms with Crippen molar-refractivity contribution in [1.29, 1.82) is 0 Å². The largest absolute Gasteiger partial charge is 0.478 e. The monoisotopic (exact) mass is 735 g/mol. The van der Waals surface area contributed by atoms with Crippen LogP contribution in [0.15, 0.2) is 30.3 Å². The van der Waals surface area contributed by atoms with E-state index < -0.39 is 15.8 Å². The molecule has 1 saturated heterocycles. The molecule has 3 N–H and O–H groups in total. The van der Waals surface area contributed by atoms with Crippen LogP contribution in [0.2, 0.25) is 0 Å². The molecule has 1 unspecified atom stereocenters. The van der Waals surface area contributed by atoms with Gasteiger partial charge in [0.1, 0.15) is 0 Å². The topological polar surface area (TPSA) is 116 Å². The first-order valence-corrected chi connectivity index (χ1v) is 22.2. The molecule has 52 heavy (non-hydrogen) atoms. The minimum atomic E-state index is -2.90. The minimum absolute atomic E-state index is 0.0225. The molecule has 0 spiro atoms. The van der Waals surface area contributed by atoms with Gasteiger partial charge in [-0.25, -0.2) is 13.2 Å². The number of allylic oxidation sites excluding steroid dienone is 2. The fraction of sp³-hybridized carbons (Fsp3) is 0.767. The number of nitrogens with zero attached hydrogens (tertiary/aromatic N) is 1. The van der Waals surface area contributed by atoms with E-state index in [0.29, 0.717) is 48.2 Å². The lowest BCUT2D eigenvalue weighted by molar-refractivity contribution is -0.221. The van der Waals surface area contributed by atoms with Gasteiger partial charge in [0.05, 0.1) is 17.1 Å². The third-order valence-corrected chi connectivity index (χ3v) is 18.5. The highest BCUT2D eigenvalue weighted by Crippen LogP contribution is 2.76. The number of benzene rings is 1. The number of carboxylic acid groups (broad SMARTS) is 1. The second-order valence-corrected chi connectivity index (χ2v) is 21.7. The molecule has 1 amide bonds. The molecule has 8 nitrogen and oxygen atoms in total. The SMILES string of the molecule is CC(=O)NC(C)[C@@H]1CC[C@]2(NCCN3CCS(=O)(=O)CC3)CC[C@]3(C)[C@H](CC[C@@H]4[C@@]5(C)CC=C(c6ccc(C(=O)O)cc6)C(C)(C)[C@@H]5CC[C@]43C)[C@@H]12. The van der Waals surface area contributed by atoms with Gasteiger partial charge in [-0.3, -0.25) is 4.79 Å². The highest BCUT2D eigenvalue weighted by molar-refractivity contribution is 7.91. The maximum Gasteiger partial charge on any atom is 0.335 e. The number of aromatic carboxylic acids is 1. The van der Waals surface area contributed by atoms with Crippen molar-refractivity contribution in [2.24, 2.45) is 51.2 Å². The molecule has 0 aromatic heterocycles. The number of fused-ring (bicyclic) bond motifs is 7. The third kappa shape index (κ3) is 6.02. The molecule has 6 aliphatic rings. The van der Waals surface area contributed by atoms with Crippen LogP contribution in [0, 0.1) is 51.2 Å². The smallest absolute Gasteiger partial charge is 0.335 e. The van der Waals surface area contributed by atoms with Crippen LogP contribution in [0.1, 0.15) is 122 Å². The average Bonchev–Trinajstić information content (AvgIpc) is 3.45. The molecule has 7 rings (SSSR count). The molecular weight excluding hydrogens is 671 g/mol. The van der Waals surface area contributed by atoms with Crippen molar-refractivity contribution in [3.8, 4) is 0 Å². The van der Waals surface area contributed by atoms with Crippen LogP contribution >= 0.6 is 0 Å². The summed E-state index contributed by atoms with van der Waals surface area (Å²) >= 11 is 0. The molecule has 1 aliphatic heterocycles. The quantitative estimate of drug-likeness (QED) is 0.262. The minimum Gasteiger partial charge on any atom is -0.478 e. The fourth-order valence-corrected chi connectivity index (χ4v) is 15.5. The molecule has 5 fully saturated rings. The van der Waals surface area contributed by atoms with E-state index in [9.17, 15) is 23.1 Å². The number of carbonyl (C=O) groups excluding carboxylic acids is 1. The highest BCUT2D eigenvalue weighted by atomic mass is 32.2. The normalized spacial score (nSPS) is 41.4. The van der Waals surface area contributed by atoms with Crippen LogP contribution in [-0.4, -0.2) is 79.6 Å². The summed E-state index contributed by atoms with van der Waals surface area (Å²) in [4.78, 5) is 26.3. The van der Waals surface area contributed by atoms with Gasteiger partial charge in [-0.2, -0.15) is 0 Å². The van der Waals surface area contributed by atoms with Gasteiger partial charge in [0.2, 0.25) is 5.91 Å². The number of nitrogens with one attached hydrogen (secondary N) is 2. The fourth-order valence-electron chi connectivity index (χ4n) is 14.3. The zero-order valence-electron chi connectivity index (χ0n) is 32.9. The molecular formula is C43H65N3O5S. The van der Waals surface area contributed by atoms with Gasteiger partial charge >= 0.3 is 5.97 Å². The Labute approximate surface area is 313 Å². The van der Waals surface area contributed by atoms with Crippen molar-refractivity contribution < 1.29 is 23.1 Å². The summed E-state index contributed by atoms with van der Waals surface area (Å²) in [5.41, 5.74) is 3.48. The Balaban J connectivity index is 1.16. The molecule has 0 bridgehead atoms. The van der Waals surface area contributed by atoms with Crippen LogP contribution < -0.4 is 10.6 Å². The van der Waals surface area contributed by atoms with Crippen LogP contribution in [0.5, 0.6) is 0 Å². The first kappa shape index (κ1) is 38.1. The van der Waals surface area contributed by atoms with E-state index in [2.05, 4.69) is 63.2 Å². The summed E-state index contributed by atoms with van der Waals surface area (Å²) < 4.78 is 24.1. The Kier molecular flexibility index (Phi) is 9.67. The zero-order valence-corrected chi connectivity index (χ0v) is 33.7. The van der Waals surface area contributed by atoms with Crippen molar-refractivity contribution in [2.75, 3.05) is 37.7 Å². The molecule has 1 aromatic carbocycles. The van der Waals surface area contributed by atoms with Gasteiger partial charge in [0.25, 0.3) is 0 Å². The molecule has 9 heteroatoms. The number of sulfone groups is 1. The van der Waals surface area contributed by atoms with Crippen LogP contribution in [0.25, 0.3) is 5.57 Å². The van der Waals surface area contributed by atoms with E-state index in [0.717, 1.165) is 44.3 Å². The van der Waals surface area contributed by atoms with Crippen molar-refractivity contribution in [2.45, 2.75) is 118 Å². The maximum absolute atomic E-state index is 12.4. The van der Waals surface area contributed by atoms with Crippen molar-refractivity contribution in [3.63, 3.8) is 0 Å². The molecule has 4 saturated carbocycles. The Bertz CT molecular complexity index is 1690. The van der Waals surface area contributed by atoms with Crippen LogP contribution in [-0.2, 0) is 14.6 Å². The van der Waals surface area contributed by atoms with Crippen molar-refractivity contribution in [1.82, 2.24) is 15.5 Å². The lowest BCUT2D eigenvalue weighted by Gasteiger charge is -2.72. The number of hydrogen-bond acceptors (Lipinski definition) is 6. The van der Waals surface area contributed by atoms with Crippen molar-refractivity contribution in [3.05, 3.63) is 41.5 Å². The third-order valence-electron chi connectivity index (χ3n) is 16.9. The van der Waals surface area contributed by atoms with E-state index in [4.69, 9.17) is 0 Å². The van der Waals surface area contributed by atoms with Crippen LogP contribution in [0.4, 0.5) is 0 Å². The molecule has 5 aliphatic carbocycles. The van der Waals surface area contributed by atoms with E-state index in [-0.39, 0.29) is 50.7 Å². The van der Waals surface area contributed by atoms with E-state index >= 15 is 0 Å². The summed E-state index contributed by atoms with van der Waals surface area (Å²) in [6.45, 7) is 19.8. The molecule has 10 atom stereocenters. The van der Waals surface area contributed by atoms with Gasteiger partial charge < -0.3 is 20.6 Å². The predicted molar refractivity (Wildman–Crippen MR) is 208 cm³/mol. The summed E-state index contributed by atoms with van der Waals surface area (Å²) in [5, 5.41) is 17.0. The molecule has 1 heterocycles. The van der Waals surface area contributed by atoms with Crippen LogP contribution in [0.3, 0.4) is 0 Å². The summed E-state index contributed by atoms with van der Waals surface area (Å²) in [6, 6.07) is 7.66. The van der Waals surface area contributed by atoms with Crippen molar-refractivity contribution >= 4 is 27.3 Å². The lowest BCUT2D eigenvalue weighted by Crippen LogP contribution is -2.68. The maximum atomic E-state index is 12.4. The average molecular weight is 736 g/mol. The summed E-state index contributed by atoms with van der Waals surface area (Å²) in [6.07, 6.45) is 13.1. The standard InChI is InChI=1S/C43H65N3O5S/c1-28(45-29(2)47)32-14-19-43(44-22-23-46-24-26-52(50,51)27-25-46)21-20-41(6)34(37(32)43)12-13-36-40(5)17-15-33(30-8-10-31(11-9-30)38(48)49)39(3,4)35(40)16-18-42(36,41)7/h8-11,15,28,32,34-37,44H,12-14,16-27H2,1-7H3,(H,45,47)(H,48,49)/t28?,32-,34+,35-,36+,37+,40-,41+,42+,43-/m0/s1. The Morgan fingerprint density at radius 2 is 1.60 bits per heavy atom. The second-order valence-electron chi connectivity index (χ2n) is 19.4. The lowest BCUT2D eigenvalue weighted by atomic mass is 9.33. The predicted octanol–water partition coefficient (Wildman–Crippen LogP) is 7.06. The first-order valence-electron chi connectivity index (χ1n) is 20.4. The number of carboxylic acids is 1. The van der Waals surface area contributed by atoms with E-state index in [1.54, 1.807) is 19.1 Å². The second kappa shape index (κ2) is 13.2. The zero-order chi connectivity index (χ0) is 37.5. The highest BCUT2D eigenvalue weighted by Gasteiger charge is 2.70. The van der Waals surface area contributed by atoms with Gasteiger partial charge in [0, 0.05) is 44.7 Å². The van der Waals surface area contributed by atoms with E-state index in [1.165, 1.54) is 37.7 Å². The Hall–Kier alpha value is -2.23. The number of hydrogen-bond donors (Lipinski definition) is 3. The Morgan fingerprint density at radius 3 is 2.25 bits per heavy atom. The first-order chi connectivity index (χ1) is 24.4. The van der Waals surface area contributed by atoms with Gasteiger partial charge in [-0.05, 0) is 139 Å². The molecule has 0 radical (unpaired) electrons. The summed E-state index contributed by atoms with van der Waals surface area (Å²) in [7, 11) is -2.90. The number of rotatable bonds is 8. The van der Waals surface area contributed by atoms with Gasteiger partial charge in [0.15, 0.2) is 9.84 Å². The molecule has 288 valence electrons. The Morgan fingerprint density at radius 1 is 0.904 bits per heavy atom. The van der Waals surface area contributed by atoms with Gasteiger partial charge in [-0.1, -0.05) is 52.8 Å². The van der Waals surface area contributed by atoms with E-state index in [1.807, 2.05) is 12.1 Å². The summed E-state index contributed by atoms with van der Waals surface area (Å²) in [5.74, 6) is 2.38.